The number of hydrogen-bond donors (Lipinski definition) is 0. The first-order valence-electron chi connectivity index (χ1n) is 8.61. The Morgan fingerprint density at radius 2 is 1.39 bits per heavy atom. The van der Waals surface area contributed by atoms with Crippen LogP contribution >= 0.6 is 0 Å². The third-order valence-corrected chi connectivity index (χ3v) is 4.59. The van der Waals surface area contributed by atoms with Gasteiger partial charge in [0.25, 0.3) is 0 Å². The van der Waals surface area contributed by atoms with E-state index >= 15 is 0 Å². The summed E-state index contributed by atoms with van der Waals surface area (Å²) in [6.07, 6.45) is 4.02. The Kier molecular flexibility index (Phi) is 7.53. The quantitative estimate of drug-likeness (QED) is 0.731. The molecule has 2 saturated heterocycles. The molecule has 4 heteroatoms. The van der Waals surface area contributed by atoms with Crippen LogP contribution in [0.1, 0.15) is 34.1 Å². The lowest BCUT2D eigenvalue weighted by atomic mass is 9.88. The number of rotatable bonds is 5. The molecule has 2 heterocycles. The summed E-state index contributed by atoms with van der Waals surface area (Å²) >= 11 is 0. The van der Waals surface area contributed by atoms with Gasteiger partial charge in [0.05, 0.1) is 0 Å². The van der Waals surface area contributed by atoms with Gasteiger partial charge in [0, 0.05) is 26.2 Å². The van der Waals surface area contributed by atoms with Gasteiger partial charge in [-0.15, -0.1) is 0 Å². The first-order chi connectivity index (χ1) is 10.8. The summed E-state index contributed by atoms with van der Waals surface area (Å²) in [4.78, 5) is 25.7. The fraction of sp³-hybridized carbons (Fsp3) is 0.684. The van der Waals surface area contributed by atoms with Crippen molar-refractivity contribution in [2.75, 3.05) is 26.2 Å². The molecule has 23 heavy (non-hydrogen) atoms. The first-order valence-corrected chi connectivity index (χ1v) is 8.61. The predicted octanol–water partition coefficient (Wildman–Crippen LogP) is 2.96. The van der Waals surface area contributed by atoms with Gasteiger partial charge in [-0.3, -0.25) is 9.59 Å². The number of amides is 2. The van der Waals surface area contributed by atoms with Crippen molar-refractivity contribution in [3.8, 4) is 0 Å². The molecule has 4 nitrogen and oxygen atoms in total. The van der Waals surface area contributed by atoms with E-state index < -0.39 is 0 Å². The molecule has 2 rings (SSSR count). The Morgan fingerprint density at radius 3 is 1.74 bits per heavy atom. The van der Waals surface area contributed by atoms with Crippen LogP contribution in [0.2, 0.25) is 0 Å². The fourth-order valence-corrected chi connectivity index (χ4v) is 2.94. The van der Waals surface area contributed by atoms with Crippen LogP contribution in [0.3, 0.4) is 0 Å². The standard InChI is InChI=1S/C10H17NO.C9H15NO/c1-4-10(12)11-6-9(7-11)5-8(2)3;1-4-9(11)10-5-8(6-10)7(2)3/h4,8-9H,1,5-7H2,2-3H3;4,7-8H,1,5-6H2,2-3H3. The number of nitrogens with zero attached hydrogens (tertiary/aromatic N) is 2. The predicted molar refractivity (Wildman–Crippen MR) is 94.8 cm³/mol. The average Bonchev–Trinajstić information content (AvgIpc) is 2.39. The molecule has 2 aliphatic heterocycles. The van der Waals surface area contributed by atoms with Crippen molar-refractivity contribution >= 4 is 11.8 Å². The normalized spacial score (nSPS) is 18.0. The molecule has 0 spiro atoms. The topological polar surface area (TPSA) is 40.6 Å². The van der Waals surface area contributed by atoms with Crippen LogP contribution in [0.5, 0.6) is 0 Å². The van der Waals surface area contributed by atoms with Crippen molar-refractivity contribution in [2.45, 2.75) is 34.1 Å². The Labute approximate surface area is 141 Å². The Hall–Kier alpha value is -1.58. The highest BCUT2D eigenvalue weighted by atomic mass is 16.2. The maximum Gasteiger partial charge on any atom is 0.245 e. The van der Waals surface area contributed by atoms with Crippen LogP contribution in [0, 0.1) is 23.7 Å². The molecule has 0 radical (unpaired) electrons. The SMILES string of the molecule is C=CC(=O)N1CC(C(C)C)C1.C=CC(=O)N1CC(CC(C)C)C1. The minimum absolute atomic E-state index is 0.0712. The molecule has 2 aliphatic rings. The van der Waals surface area contributed by atoms with Crippen molar-refractivity contribution in [1.29, 1.82) is 0 Å². The summed E-state index contributed by atoms with van der Waals surface area (Å²) in [5.41, 5.74) is 0. The molecule has 0 aromatic heterocycles. The van der Waals surface area contributed by atoms with E-state index in [1.165, 1.54) is 18.6 Å². The van der Waals surface area contributed by atoms with Crippen LogP contribution in [0.15, 0.2) is 25.3 Å². The Morgan fingerprint density at radius 1 is 0.957 bits per heavy atom. The summed E-state index contributed by atoms with van der Waals surface area (Å²) < 4.78 is 0. The highest BCUT2D eigenvalue weighted by Crippen LogP contribution is 2.23. The summed E-state index contributed by atoms with van der Waals surface area (Å²) in [5.74, 6) is 3.03. The second-order valence-electron chi connectivity index (χ2n) is 7.39. The zero-order valence-electron chi connectivity index (χ0n) is 15.1. The van der Waals surface area contributed by atoms with E-state index in [0.29, 0.717) is 11.8 Å². The molecule has 0 atom stereocenters. The zero-order chi connectivity index (χ0) is 17.6. The maximum absolute atomic E-state index is 11.0. The number of carbonyl (C=O) groups excluding carboxylic acids is 2. The number of likely N-dealkylation sites (tertiary alicyclic amines) is 2. The Balaban J connectivity index is 0.000000231. The second-order valence-corrected chi connectivity index (χ2v) is 7.39. The molecule has 0 bridgehead atoms. The van der Waals surface area contributed by atoms with E-state index in [4.69, 9.17) is 0 Å². The largest absolute Gasteiger partial charge is 0.338 e. The van der Waals surface area contributed by atoms with Gasteiger partial charge in [-0.2, -0.15) is 0 Å². The van der Waals surface area contributed by atoms with Crippen LogP contribution in [0.25, 0.3) is 0 Å². The second kappa shape index (κ2) is 8.90. The van der Waals surface area contributed by atoms with Crippen molar-refractivity contribution in [2.24, 2.45) is 23.7 Å². The summed E-state index contributed by atoms with van der Waals surface area (Å²) in [6, 6.07) is 0. The monoisotopic (exact) mass is 320 g/mol. The molecule has 130 valence electrons. The van der Waals surface area contributed by atoms with Gasteiger partial charge in [0.2, 0.25) is 11.8 Å². The third-order valence-electron chi connectivity index (χ3n) is 4.59. The van der Waals surface area contributed by atoms with Gasteiger partial charge < -0.3 is 9.80 Å². The van der Waals surface area contributed by atoms with E-state index in [1.807, 2.05) is 9.80 Å². The molecular weight excluding hydrogens is 288 g/mol. The molecular formula is C19H32N2O2. The minimum Gasteiger partial charge on any atom is -0.338 e. The molecule has 2 fully saturated rings. The molecule has 2 amide bonds. The molecule has 0 N–H and O–H groups in total. The Bertz CT molecular complexity index is 431. The molecule has 0 aromatic rings. The maximum atomic E-state index is 11.0. The summed E-state index contributed by atoms with van der Waals surface area (Å²) in [7, 11) is 0. The van der Waals surface area contributed by atoms with Crippen molar-refractivity contribution in [3.63, 3.8) is 0 Å². The van der Waals surface area contributed by atoms with Crippen LogP contribution in [0.4, 0.5) is 0 Å². The van der Waals surface area contributed by atoms with E-state index in [1.54, 1.807) is 0 Å². The molecule has 0 aliphatic carbocycles. The van der Waals surface area contributed by atoms with Crippen molar-refractivity contribution in [3.05, 3.63) is 25.3 Å². The van der Waals surface area contributed by atoms with Gasteiger partial charge in [-0.25, -0.2) is 0 Å². The smallest absolute Gasteiger partial charge is 0.245 e. The lowest BCUT2D eigenvalue weighted by molar-refractivity contribution is -0.133. The van der Waals surface area contributed by atoms with Gasteiger partial charge in [0.1, 0.15) is 0 Å². The van der Waals surface area contributed by atoms with Gasteiger partial charge in [-0.05, 0) is 42.2 Å². The van der Waals surface area contributed by atoms with Gasteiger partial charge in [0.15, 0.2) is 0 Å². The molecule has 0 saturated carbocycles. The molecule has 0 unspecified atom stereocenters. The third kappa shape index (κ3) is 5.85. The van der Waals surface area contributed by atoms with E-state index in [0.717, 1.165) is 38.0 Å². The molecule has 0 aromatic carbocycles. The highest BCUT2D eigenvalue weighted by molar-refractivity contribution is 5.88. The number of hydrogen-bond acceptors (Lipinski definition) is 2. The average molecular weight is 320 g/mol. The summed E-state index contributed by atoms with van der Waals surface area (Å²) in [5, 5.41) is 0. The highest BCUT2D eigenvalue weighted by Gasteiger charge is 2.31. The van der Waals surface area contributed by atoms with Crippen LogP contribution in [-0.2, 0) is 9.59 Å². The fourth-order valence-electron chi connectivity index (χ4n) is 2.94. The van der Waals surface area contributed by atoms with E-state index in [-0.39, 0.29) is 11.8 Å². The lowest BCUT2D eigenvalue weighted by Crippen LogP contribution is -2.51. The number of carbonyl (C=O) groups is 2. The van der Waals surface area contributed by atoms with Gasteiger partial charge in [-0.1, -0.05) is 40.9 Å². The van der Waals surface area contributed by atoms with Crippen molar-refractivity contribution < 1.29 is 9.59 Å². The zero-order valence-corrected chi connectivity index (χ0v) is 15.1. The minimum atomic E-state index is 0.0712. The lowest BCUT2D eigenvalue weighted by Gasteiger charge is -2.41. The summed E-state index contributed by atoms with van der Waals surface area (Å²) in [6.45, 7) is 19.4. The van der Waals surface area contributed by atoms with Crippen molar-refractivity contribution in [1.82, 2.24) is 9.80 Å². The van der Waals surface area contributed by atoms with Crippen LogP contribution < -0.4 is 0 Å². The van der Waals surface area contributed by atoms with E-state index in [9.17, 15) is 9.59 Å². The van der Waals surface area contributed by atoms with Crippen LogP contribution in [-0.4, -0.2) is 47.8 Å². The first kappa shape index (κ1) is 19.5. The van der Waals surface area contributed by atoms with E-state index in [2.05, 4.69) is 40.9 Å². The van der Waals surface area contributed by atoms with Gasteiger partial charge >= 0.3 is 0 Å².